The van der Waals surface area contributed by atoms with E-state index >= 15 is 0 Å². The molecule has 3 aromatic heterocycles. The number of likely N-dealkylation sites (tertiary alicyclic amines) is 1. The lowest BCUT2D eigenvalue weighted by molar-refractivity contribution is -0.137. The zero-order valence-electron chi connectivity index (χ0n) is 31.7. The van der Waals surface area contributed by atoms with Crippen LogP contribution in [0.3, 0.4) is 0 Å². The fraction of sp³-hybridized carbons (Fsp3) is 0.538. The van der Waals surface area contributed by atoms with Gasteiger partial charge in [0.25, 0.3) is 0 Å². The van der Waals surface area contributed by atoms with Gasteiger partial charge in [0.2, 0.25) is 11.8 Å². The monoisotopic (exact) mass is 796 g/mol. The molecule has 12 nitrogen and oxygen atoms in total. The van der Waals surface area contributed by atoms with Gasteiger partial charge in [0.05, 0.1) is 37.1 Å². The number of allylic oxidation sites excluding steroid dienone is 1. The Morgan fingerprint density at radius 2 is 1.40 bits per heavy atom. The Morgan fingerprint density at radius 1 is 0.807 bits per heavy atom. The largest absolute Gasteiger partial charge is 0.480 e. The van der Waals surface area contributed by atoms with Gasteiger partial charge >= 0.3 is 12.4 Å². The van der Waals surface area contributed by atoms with Crippen LogP contribution in [0.15, 0.2) is 47.6 Å². The molecule has 0 bridgehead atoms. The summed E-state index contributed by atoms with van der Waals surface area (Å²) in [6.45, 7) is 6.29. The number of methoxy groups -OCH3 is 1. The van der Waals surface area contributed by atoms with Gasteiger partial charge in [0, 0.05) is 62.0 Å². The quantitative estimate of drug-likeness (QED) is 0.206. The molecule has 8 rings (SSSR count). The molecular weight excluding hydrogens is 754 g/mol. The normalized spacial score (nSPS) is 19.9. The summed E-state index contributed by atoms with van der Waals surface area (Å²) in [4.78, 5) is 28.4. The first-order valence-corrected chi connectivity index (χ1v) is 18.7. The van der Waals surface area contributed by atoms with E-state index in [0.717, 1.165) is 76.0 Å². The summed E-state index contributed by atoms with van der Waals surface area (Å²) in [7, 11) is 1.51. The average Bonchev–Trinajstić information content (AvgIpc) is 4.08. The summed E-state index contributed by atoms with van der Waals surface area (Å²) in [5.74, 6) is 3.60. The molecule has 18 heteroatoms. The van der Waals surface area contributed by atoms with Crippen LogP contribution in [0.1, 0.15) is 99.0 Å². The maximum Gasteiger partial charge on any atom is 0.430 e. The second-order valence-corrected chi connectivity index (χ2v) is 15.0. The lowest BCUT2D eigenvalue weighted by Crippen LogP contribution is -2.40. The molecule has 3 aliphatic heterocycles. The molecule has 302 valence electrons. The Kier molecular flexibility index (Phi) is 12.2. The maximum atomic E-state index is 13.2. The Hall–Kier alpha value is -5.52. The fourth-order valence-corrected chi connectivity index (χ4v) is 6.83. The number of aliphatic imine (C=N–C) groups is 1. The number of ether oxygens (including phenoxy) is 2. The van der Waals surface area contributed by atoms with Crippen LogP contribution in [0.25, 0.3) is 0 Å². The Bertz CT molecular complexity index is 2060. The number of aromatic nitrogens is 5. The first-order valence-electron chi connectivity index (χ1n) is 18.7. The van der Waals surface area contributed by atoms with Crippen LogP contribution >= 0.6 is 0 Å². The first kappa shape index (κ1) is 41.1. The highest BCUT2D eigenvalue weighted by molar-refractivity contribution is 5.99. The molecule has 0 spiro atoms. The van der Waals surface area contributed by atoms with E-state index in [9.17, 15) is 31.6 Å². The van der Waals surface area contributed by atoms with E-state index in [2.05, 4.69) is 29.9 Å². The number of anilines is 1. The van der Waals surface area contributed by atoms with Crippen LogP contribution in [-0.4, -0.2) is 81.6 Å². The average molecular weight is 797 g/mol. The molecule has 2 aliphatic carbocycles. The molecule has 2 saturated carbocycles. The highest BCUT2D eigenvalue weighted by Crippen LogP contribution is 2.44. The highest BCUT2D eigenvalue weighted by Gasteiger charge is 2.51. The summed E-state index contributed by atoms with van der Waals surface area (Å²) >= 11 is 0. The van der Waals surface area contributed by atoms with E-state index in [4.69, 9.17) is 14.7 Å². The van der Waals surface area contributed by atoms with Crippen LogP contribution in [0.5, 0.6) is 11.8 Å². The van der Waals surface area contributed by atoms with Crippen LogP contribution < -0.4 is 14.4 Å². The molecular formula is C39H42F6N10O2. The summed E-state index contributed by atoms with van der Waals surface area (Å²) < 4.78 is 87.7. The van der Waals surface area contributed by atoms with Gasteiger partial charge in [0.15, 0.2) is 0 Å². The van der Waals surface area contributed by atoms with Gasteiger partial charge in [0.1, 0.15) is 46.4 Å². The molecule has 6 heterocycles. The van der Waals surface area contributed by atoms with E-state index in [-0.39, 0.29) is 5.92 Å². The molecule has 5 aliphatic rings. The third kappa shape index (κ3) is 10.1. The van der Waals surface area contributed by atoms with Gasteiger partial charge in [-0.25, -0.2) is 15.0 Å². The van der Waals surface area contributed by atoms with Crippen molar-refractivity contribution in [1.82, 2.24) is 29.8 Å². The number of pyridine rings is 1. The van der Waals surface area contributed by atoms with E-state index < -0.39 is 29.0 Å². The van der Waals surface area contributed by atoms with Crippen LogP contribution in [0, 0.1) is 34.0 Å². The first-order chi connectivity index (χ1) is 27.1. The number of rotatable bonds is 8. The van der Waals surface area contributed by atoms with Crippen LogP contribution in [0.2, 0.25) is 0 Å². The second kappa shape index (κ2) is 16.9. The molecule has 0 N–H and O–H groups in total. The van der Waals surface area contributed by atoms with Crippen molar-refractivity contribution in [3.05, 3.63) is 71.0 Å². The molecule has 2 saturated heterocycles. The van der Waals surface area contributed by atoms with E-state index in [1.807, 2.05) is 21.9 Å². The predicted octanol–water partition coefficient (Wildman–Crippen LogP) is 7.75. The van der Waals surface area contributed by atoms with Crippen molar-refractivity contribution >= 4 is 11.5 Å². The molecule has 0 radical (unpaired) electrons. The number of alkyl halides is 6. The SMILES string of the molecule is CC1(C)C(N2CCC(COc3nc(C4CC4)ncc3C#N)C2)=CN=C1C(F)(F)F.COc1nc(C2CC2)ncc1C#N.FC(F)(F)c1ccnc(N2CCCC2)c1. The molecule has 1 unspecified atom stereocenters. The fourth-order valence-electron chi connectivity index (χ4n) is 6.83. The van der Waals surface area contributed by atoms with Gasteiger partial charge in [-0.15, -0.1) is 0 Å². The Labute approximate surface area is 326 Å². The molecule has 3 aromatic rings. The number of nitriles is 2. The molecule has 4 fully saturated rings. The zero-order valence-corrected chi connectivity index (χ0v) is 31.7. The Balaban J connectivity index is 0.000000163. The van der Waals surface area contributed by atoms with Gasteiger partial charge in [-0.05, 0) is 70.9 Å². The number of nitrogens with zero attached hydrogens (tertiary/aromatic N) is 10. The van der Waals surface area contributed by atoms with Gasteiger partial charge in [-0.1, -0.05) is 0 Å². The Morgan fingerprint density at radius 3 is 1.93 bits per heavy atom. The van der Waals surface area contributed by atoms with Gasteiger partial charge in [-0.2, -0.15) is 46.8 Å². The number of hydrogen-bond acceptors (Lipinski definition) is 12. The van der Waals surface area contributed by atoms with Gasteiger partial charge < -0.3 is 19.3 Å². The number of hydrogen-bond donors (Lipinski definition) is 0. The van der Waals surface area contributed by atoms with E-state index in [1.165, 1.54) is 31.9 Å². The van der Waals surface area contributed by atoms with E-state index in [0.29, 0.717) is 71.8 Å². The van der Waals surface area contributed by atoms with Crippen molar-refractivity contribution in [2.24, 2.45) is 16.3 Å². The van der Waals surface area contributed by atoms with E-state index in [1.54, 1.807) is 13.8 Å². The summed E-state index contributed by atoms with van der Waals surface area (Å²) in [5.41, 5.74) is -1.28. The lowest BCUT2D eigenvalue weighted by Gasteiger charge is -2.32. The van der Waals surface area contributed by atoms with Crippen molar-refractivity contribution in [3.63, 3.8) is 0 Å². The maximum absolute atomic E-state index is 13.2. The molecule has 57 heavy (non-hydrogen) atoms. The summed E-state index contributed by atoms with van der Waals surface area (Å²) in [6, 6.07) is 6.15. The van der Waals surface area contributed by atoms with Crippen molar-refractivity contribution in [2.45, 2.75) is 83.0 Å². The minimum absolute atomic E-state index is 0.132. The smallest absolute Gasteiger partial charge is 0.430 e. The van der Waals surface area contributed by atoms with Crippen molar-refractivity contribution in [3.8, 4) is 23.9 Å². The predicted molar refractivity (Wildman–Crippen MR) is 195 cm³/mol. The van der Waals surface area contributed by atoms with Crippen LogP contribution in [-0.2, 0) is 6.18 Å². The highest BCUT2D eigenvalue weighted by atomic mass is 19.4. The second-order valence-electron chi connectivity index (χ2n) is 15.0. The summed E-state index contributed by atoms with van der Waals surface area (Å²) in [5, 5.41) is 17.9. The van der Waals surface area contributed by atoms with Gasteiger partial charge in [-0.3, -0.25) is 4.99 Å². The zero-order chi connectivity index (χ0) is 41.0. The molecule has 0 aromatic carbocycles. The minimum Gasteiger partial charge on any atom is -0.480 e. The molecule has 0 amide bonds. The summed E-state index contributed by atoms with van der Waals surface area (Å²) in [6.07, 6.45) is 4.10. The standard InChI is InChI=1S/C20H22F3N5O.C10H11F3N2.C9H9N3O/c1-19(2)15(9-26-18(19)20(21,22)23)28-6-5-12(10-28)11-29-17-14(7-24)8-25-16(27-17)13-3-4-13;11-10(12,13)8-3-4-14-9(7-8)15-5-1-2-6-15;1-13-9-7(4-10)5-11-8(12-9)6-2-3-6/h8-9,12-13H,3-6,10-11H2,1-2H3;3-4,7H,1-2,5-6H2;5-6H,2-3H2,1H3. The van der Waals surface area contributed by atoms with Crippen LogP contribution in [0.4, 0.5) is 32.2 Å². The van der Waals surface area contributed by atoms with Crippen molar-refractivity contribution in [1.29, 1.82) is 10.5 Å². The third-order valence-corrected chi connectivity index (χ3v) is 10.3. The lowest BCUT2D eigenvalue weighted by atomic mass is 9.84. The topological polar surface area (TPSA) is 149 Å². The third-order valence-electron chi connectivity index (χ3n) is 10.3. The molecule has 1 atom stereocenters. The minimum atomic E-state index is -4.44. The number of halogens is 6. The van der Waals surface area contributed by atoms with Crippen molar-refractivity contribution in [2.75, 3.05) is 44.8 Å². The van der Waals surface area contributed by atoms with Crippen molar-refractivity contribution < 1.29 is 35.8 Å².